The minimum atomic E-state index is -0.157. The Morgan fingerprint density at radius 1 is 1.30 bits per heavy atom. The Labute approximate surface area is 66.1 Å². The molecule has 0 aliphatic heterocycles. The molecule has 0 spiro atoms. The first kappa shape index (κ1) is 10.1. The van der Waals surface area contributed by atoms with Crippen molar-refractivity contribution in [2.45, 2.75) is 32.2 Å². The van der Waals surface area contributed by atoms with Crippen molar-refractivity contribution in [3.8, 4) is 0 Å². The van der Waals surface area contributed by atoms with Gasteiger partial charge in [0.25, 0.3) is 0 Å². The first-order valence-corrected chi connectivity index (χ1v) is 5.77. The minimum Gasteiger partial charge on any atom is -0.424 e. The van der Waals surface area contributed by atoms with E-state index in [-0.39, 0.29) is 9.76 Å². The predicted octanol–water partition coefficient (Wildman–Crippen LogP) is 0.654. The highest BCUT2D eigenvalue weighted by molar-refractivity contribution is 6.26. The van der Waals surface area contributed by atoms with E-state index in [9.17, 15) is 0 Å². The summed E-state index contributed by atoms with van der Waals surface area (Å²) >= 11 is 0. The van der Waals surface area contributed by atoms with E-state index in [0.717, 1.165) is 13.2 Å². The fraction of sp³-hybridized carbons (Fsp3) is 1.00. The van der Waals surface area contributed by atoms with E-state index in [1.165, 1.54) is 25.3 Å². The van der Waals surface area contributed by atoms with Crippen molar-refractivity contribution in [3.05, 3.63) is 0 Å². The molecule has 0 aromatic carbocycles. The van der Waals surface area contributed by atoms with Crippen LogP contribution < -0.4 is 5.73 Å². The molecule has 62 valence electrons. The van der Waals surface area contributed by atoms with Gasteiger partial charge in [-0.15, -0.1) is 0 Å². The predicted molar refractivity (Wildman–Crippen MR) is 47.9 cm³/mol. The van der Waals surface area contributed by atoms with Gasteiger partial charge in [-0.25, -0.2) is 0 Å². The standard InChI is InChI=1S/C7H19NOSi/c1-2-9-10-7-5-3-4-6-8/h2-8,10H2,1H3. The van der Waals surface area contributed by atoms with Crippen molar-refractivity contribution in [2.24, 2.45) is 5.73 Å². The normalized spacial score (nSPS) is 11.4. The lowest BCUT2D eigenvalue weighted by atomic mass is 10.2. The molecule has 0 rings (SSSR count). The summed E-state index contributed by atoms with van der Waals surface area (Å²) in [5, 5.41) is 0. The molecule has 3 heteroatoms. The smallest absolute Gasteiger partial charge is 0.161 e. The van der Waals surface area contributed by atoms with E-state index in [2.05, 4.69) is 6.92 Å². The summed E-state index contributed by atoms with van der Waals surface area (Å²) in [5.74, 6) is 0. The molecule has 0 fully saturated rings. The summed E-state index contributed by atoms with van der Waals surface area (Å²) < 4.78 is 5.32. The van der Waals surface area contributed by atoms with Crippen LogP contribution in [0.2, 0.25) is 6.04 Å². The van der Waals surface area contributed by atoms with Crippen LogP contribution in [0.15, 0.2) is 0 Å². The molecule has 0 aromatic rings. The molecule has 0 aliphatic carbocycles. The average molecular weight is 161 g/mol. The third-order valence-electron chi connectivity index (χ3n) is 1.45. The summed E-state index contributed by atoms with van der Waals surface area (Å²) in [6, 6.07) is 1.33. The van der Waals surface area contributed by atoms with Crippen LogP contribution in [-0.4, -0.2) is 22.9 Å². The number of hydrogen-bond donors (Lipinski definition) is 1. The molecule has 0 amide bonds. The van der Waals surface area contributed by atoms with Crippen molar-refractivity contribution in [2.75, 3.05) is 13.2 Å². The van der Waals surface area contributed by atoms with E-state index in [1.807, 2.05) is 0 Å². The molecule has 2 N–H and O–H groups in total. The largest absolute Gasteiger partial charge is 0.424 e. The molecule has 0 saturated carbocycles. The molecule has 0 unspecified atom stereocenters. The number of unbranched alkanes of at least 4 members (excludes halogenated alkanes) is 2. The van der Waals surface area contributed by atoms with E-state index in [4.69, 9.17) is 10.2 Å². The fourth-order valence-corrected chi connectivity index (χ4v) is 1.90. The summed E-state index contributed by atoms with van der Waals surface area (Å²) in [7, 11) is -0.157. The second-order valence-electron chi connectivity index (χ2n) is 2.40. The molecule has 10 heavy (non-hydrogen) atoms. The highest BCUT2D eigenvalue weighted by Gasteiger charge is 1.88. The maximum Gasteiger partial charge on any atom is 0.161 e. The Morgan fingerprint density at radius 3 is 2.70 bits per heavy atom. The summed E-state index contributed by atoms with van der Waals surface area (Å²) in [5.41, 5.74) is 5.35. The maximum absolute atomic E-state index is 5.35. The van der Waals surface area contributed by atoms with Crippen molar-refractivity contribution >= 4 is 9.76 Å². The molecule has 0 heterocycles. The number of rotatable bonds is 7. The van der Waals surface area contributed by atoms with Gasteiger partial charge in [0.2, 0.25) is 0 Å². The average Bonchev–Trinajstić information content (AvgIpc) is 1.97. The van der Waals surface area contributed by atoms with Gasteiger partial charge in [0.1, 0.15) is 0 Å². The van der Waals surface area contributed by atoms with E-state index < -0.39 is 0 Å². The third-order valence-corrected chi connectivity index (χ3v) is 2.93. The Kier molecular flexibility index (Phi) is 9.26. The van der Waals surface area contributed by atoms with Crippen molar-refractivity contribution in [1.82, 2.24) is 0 Å². The topological polar surface area (TPSA) is 35.2 Å². The second-order valence-corrected chi connectivity index (χ2v) is 3.92. The van der Waals surface area contributed by atoms with Crippen molar-refractivity contribution in [1.29, 1.82) is 0 Å². The van der Waals surface area contributed by atoms with Gasteiger partial charge in [-0.1, -0.05) is 12.8 Å². The monoisotopic (exact) mass is 161 g/mol. The lowest BCUT2D eigenvalue weighted by Gasteiger charge is -1.98. The van der Waals surface area contributed by atoms with Crippen LogP contribution in [0.1, 0.15) is 26.2 Å². The third kappa shape index (κ3) is 8.14. The van der Waals surface area contributed by atoms with Gasteiger partial charge in [-0.3, -0.25) is 0 Å². The number of nitrogens with two attached hydrogens (primary N) is 1. The quantitative estimate of drug-likeness (QED) is 0.439. The zero-order valence-corrected chi connectivity index (χ0v) is 8.35. The lowest BCUT2D eigenvalue weighted by Crippen LogP contribution is -2.00. The van der Waals surface area contributed by atoms with Crippen LogP contribution in [0.25, 0.3) is 0 Å². The summed E-state index contributed by atoms with van der Waals surface area (Å²) in [6.07, 6.45) is 3.79. The molecule has 0 atom stereocenters. The summed E-state index contributed by atoms with van der Waals surface area (Å²) in [4.78, 5) is 0. The Morgan fingerprint density at radius 2 is 2.10 bits per heavy atom. The highest BCUT2D eigenvalue weighted by Crippen LogP contribution is 1.97. The van der Waals surface area contributed by atoms with Crippen LogP contribution in [0.4, 0.5) is 0 Å². The zero-order valence-electron chi connectivity index (χ0n) is 6.94. The van der Waals surface area contributed by atoms with Gasteiger partial charge in [-0.2, -0.15) is 0 Å². The second kappa shape index (κ2) is 9.14. The maximum atomic E-state index is 5.35. The Hall–Kier alpha value is 0.137. The highest BCUT2D eigenvalue weighted by atomic mass is 28.2. The van der Waals surface area contributed by atoms with E-state index in [0.29, 0.717) is 0 Å². The van der Waals surface area contributed by atoms with Gasteiger partial charge in [0.05, 0.1) is 0 Å². The van der Waals surface area contributed by atoms with Crippen molar-refractivity contribution in [3.63, 3.8) is 0 Å². The van der Waals surface area contributed by atoms with E-state index >= 15 is 0 Å². The van der Waals surface area contributed by atoms with Crippen LogP contribution in [0.5, 0.6) is 0 Å². The molecule has 0 radical (unpaired) electrons. The molecule has 0 aromatic heterocycles. The van der Waals surface area contributed by atoms with Gasteiger partial charge in [0.15, 0.2) is 9.76 Å². The molecular formula is C7H19NOSi. The Balaban J connectivity index is 2.65. The molecule has 2 nitrogen and oxygen atoms in total. The minimum absolute atomic E-state index is 0.157. The van der Waals surface area contributed by atoms with Crippen molar-refractivity contribution < 1.29 is 4.43 Å². The fourth-order valence-electron chi connectivity index (χ4n) is 0.846. The van der Waals surface area contributed by atoms with Crippen LogP contribution in [0.3, 0.4) is 0 Å². The summed E-state index contributed by atoms with van der Waals surface area (Å²) in [6.45, 7) is 3.81. The number of hydrogen-bond acceptors (Lipinski definition) is 2. The zero-order chi connectivity index (χ0) is 7.66. The van der Waals surface area contributed by atoms with Crippen LogP contribution >= 0.6 is 0 Å². The SMILES string of the molecule is CCO[SiH2]CCCCCN. The first-order chi connectivity index (χ1) is 4.91. The van der Waals surface area contributed by atoms with Crippen LogP contribution in [0, 0.1) is 0 Å². The van der Waals surface area contributed by atoms with Gasteiger partial charge in [-0.05, 0) is 25.9 Å². The molecular weight excluding hydrogens is 142 g/mol. The van der Waals surface area contributed by atoms with Gasteiger partial charge >= 0.3 is 0 Å². The van der Waals surface area contributed by atoms with E-state index in [1.54, 1.807) is 0 Å². The Bertz CT molecular complexity index is 53.6. The molecule has 0 bridgehead atoms. The molecule has 0 aliphatic rings. The van der Waals surface area contributed by atoms with Gasteiger partial charge in [0, 0.05) is 6.61 Å². The lowest BCUT2D eigenvalue weighted by molar-refractivity contribution is 0.359. The first-order valence-electron chi connectivity index (χ1n) is 4.19. The van der Waals surface area contributed by atoms with Crippen LogP contribution in [-0.2, 0) is 4.43 Å². The molecule has 0 saturated heterocycles. The van der Waals surface area contributed by atoms with Gasteiger partial charge < -0.3 is 10.2 Å².